The van der Waals surface area contributed by atoms with Crippen molar-refractivity contribution in [1.82, 2.24) is 4.98 Å². The number of rotatable bonds is 3. The molecule has 0 fully saturated rings. The van der Waals surface area contributed by atoms with Crippen LogP contribution in [0.15, 0.2) is 84.1 Å². The Morgan fingerprint density at radius 1 is 0.720 bits per heavy atom. The van der Waals surface area contributed by atoms with Crippen molar-refractivity contribution in [2.45, 2.75) is 0 Å². The highest BCUT2D eigenvalue weighted by Gasteiger charge is 2.09. The number of nitrogens with zero attached hydrogens (tertiary/aromatic N) is 2. The summed E-state index contributed by atoms with van der Waals surface area (Å²) in [4.78, 5) is 4.21. The standard InChI is InChI=1S/C22H15N3/c1-2-13-23-20(6-1)25-24-14-18-10-9-17-8-7-15-4-3-5-16-11-12-19(18)22(17)21(15)16/h1-14H,(H,23,25). The molecule has 3 nitrogen and oxygen atoms in total. The maximum Gasteiger partial charge on any atom is 0.146 e. The van der Waals surface area contributed by atoms with Crippen LogP contribution in [0.1, 0.15) is 5.56 Å². The summed E-state index contributed by atoms with van der Waals surface area (Å²) >= 11 is 0. The largest absolute Gasteiger partial charge is 0.261 e. The second kappa shape index (κ2) is 5.56. The Morgan fingerprint density at radius 3 is 2.28 bits per heavy atom. The molecule has 0 amide bonds. The molecule has 5 rings (SSSR count). The third-order valence-electron chi connectivity index (χ3n) is 4.61. The Morgan fingerprint density at radius 2 is 1.48 bits per heavy atom. The molecule has 1 N–H and O–H groups in total. The third-order valence-corrected chi connectivity index (χ3v) is 4.61. The summed E-state index contributed by atoms with van der Waals surface area (Å²) in [5, 5.41) is 12.0. The number of pyridine rings is 1. The van der Waals surface area contributed by atoms with Crippen molar-refractivity contribution in [1.29, 1.82) is 0 Å². The Hall–Kier alpha value is -3.46. The minimum atomic E-state index is 0.733. The van der Waals surface area contributed by atoms with E-state index in [0.29, 0.717) is 0 Å². The molecule has 0 unspecified atom stereocenters. The fraction of sp³-hybridized carbons (Fsp3) is 0. The van der Waals surface area contributed by atoms with Crippen LogP contribution in [0.5, 0.6) is 0 Å². The molecule has 0 aliphatic heterocycles. The highest BCUT2D eigenvalue weighted by Crippen LogP contribution is 2.35. The fourth-order valence-electron chi connectivity index (χ4n) is 3.47. The second-order valence-corrected chi connectivity index (χ2v) is 6.10. The average molecular weight is 321 g/mol. The summed E-state index contributed by atoms with van der Waals surface area (Å²) in [5.41, 5.74) is 4.07. The maximum atomic E-state index is 4.36. The molecule has 0 radical (unpaired) electrons. The van der Waals surface area contributed by atoms with Crippen LogP contribution >= 0.6 is 0 Å². The first-order chi connectivity index (χ1) is 12.4. The average Bonchev–Trinajstić information content (AvgIpc) is 2.68. The molecule has 0 aliphatic carbocycles. The molecule has 0 aliphatic rings. The van der Waals surface area contributed by atoms with Gasteiger partial charge in [0.2, 0.25) is 0 Å². The first kappa shape index (κ1) is 13.9. The minimum Gasteiger partial charge on any atom is -0.261 e. The summed E-state index contributed by atoms with van der Waals surface area (Å²) < 4.78 is 0. The molecule has 0 bridgehead atoms. The van der Waals surface area contributed by atoms with Crippen LogP contribution < -0.4 is 5.43 Å². The lowest BCUT2D eigenvalue weighted by Gasteiger charge is -2.12. The van der Waals surface area contributed by atoms with E-state index in [4.69, 9.17) is 0 Å². The van der Waals surface area contributed by atoms with E-state index in [2.05, 4.69) is 70.1 Å². The van der Waals surface area contributed by atoms with Gasteiger partial charge in [0.15, 0.2) is 0 Å². The molecule has 0 atom stereocenters. The predicted molar refractivity (Wildman–Crippen MR) is 106 cm³/mol. The highest BCUT2D eigenvalue weighted by molar-refractivity contribution is 6.25. The number of hydrazone groups is 1. The first-order valence-electron chi connectivity index (χ1n) is 8.27. The van der Waals surface area contributed by atoms with Crippen molar-refractivity contribution in [3.8, 4) is 0 Å². The lowest BCUT2D eigenvalue weighted by atomic mass is 9.92. The Labute approximate surface area is 145 Å². The molecule has 1 heterocycles. The summed E-state index contributed by atoms with van der Waals surface area (Å²) in [6.07, 6.45) is 3.61. The van der Waals surface area contributed by atoms with Gasteiger partial charge >= 0.3 is 0 Å². The van der Waals surface area contributed by atoms with Crippen LogP contribution in [0, 0.1) is 0 Å². The summed E-state index contributed by atoms with van der Waals surface area (Å²) in [6, 6.07) is 25.2. The lowest BCUT2D eigenvalue weighted by molar-refractivity contribution is 1.23. The van der Waals surface area contributed by atoms with Gasteiger partial charge in [0, 0.05) is 11.8 Å². The van der Waals surface area contributed by atoms with Gasteiger partial charge in [0.05, 0.1) is 6.21 Å². The van der Waals surface area contributed by atoms with Gasteiger partial charge in [-0.3, -0.25) is 5.43 Å². The van der Waals surface area contributed by atoms with E-state index < -0.39 is 0 Å². The van der Waals surface area contributed by atoms with Crippen LogP contribution in [0.2, 0.25) is 0 Å². The van der Waals surface area contributed by atoms with Gasteiger partial charge < -0.3 is 0 Å². The third kappa shape index (κ3) is 2.29. The van der Waals surface area contributed by atoms with Gasteiger partial charge in [-0.05, 0) is 44.5 Å². The molecule has 0 spiro atoms. The zero-order chi connectivity index (χ0) is 16.6. The van der Waals surface area contributed by atoms with Crippen molar-refractivity contribution >= 4 is 44.3 Å². The smallest absolute Gasteiger partial charge is 0.146 e. The minimum absolute atomic E-state index is 0.733. The van der Waals surface area contributed by atoms with E-state index in [1.807, 2.05) is 24.4 Å². The second-order valence-electron chi connectivity index (χ2n) is 6.10. The van der Waals surface area contributed by atoms with Gasteiger partial charge in [0.25, 0.3) is 0 Å². The fourth-order valence-corrected chi connectivity index (χ4v) is 3.47. The zero-order valence-electron chi connectivity index (χ0n) is 13.5. The van der Waals surface area contributed by atoms with E-state index in [1.54, 1.807) is 6.20 Å². The van der Waals surface area contributed by atoms with Gasteiger partial charge in [-0.25, -0.2) is 4.98 Å². The number of nitrogens with one attached hydrogen (secondary N) is 1. The van der Waals surface area contributed by atoms with Crippen molar-refractivity contribution in [2.75, 3.05) is 5.43 Å². The van der Waals surface area contributed by atoms with Crippen LogP contribution in [0.3, 0.4) is 0 Å². The topological polar surface area (TPSA) is 37.3 Å². The number of hydrogen-bond donors (Lipinski definition) is 1. The van der Waals surface area contributed by atoms with Gasteiger partial charge in [0.1, 0.15) is 5.82 Å². The van der Waals surface area contributed by atoms with E-state index in [-0.39, 0.29) is 0 Å². The monoisotopic (exact) mass is 321 g/mol. The Balaban J connectivity index is 1.66. The normalized spacial score (nSPS) is 11.8. The SMILES string of the molecule is C(=NNc1ccccn1)c1ccc2ccc3cccc4ccc1c2c34. The van der Waals surface area contributed by atoms with Crippen LogP contribution in [0.25, 0.3) is 32.3 Å². The molecular formula is C22H15N3. The molecule has 25 heavy (non-hydrogen) atoms. The number of anilines is 1. The zero-order valence-corrected chi connectivity index (χ0v) is 13.5. The first-order valence-corrected chi connectivity index (χ1v) is 8.27. The van der Waals surface area contributed by atoms with Crippen LogP contribution in [-0.4, -0.2) is 11.2 Å². The quantitative estimate of drug-likeness (QED) is 0.273. The summed E-state index contributed by atoms with van der Waals surface area (Å²) in [7, 11) is 0. The predicted octanol–water partition coefficient (Wildman–Crippen LogP) is 5.43. The van der Waals surface area contributed by atoms with Crippen molar-refractivity contribution in [3.63, 3.8) is 0 Å². The molecule has 0 saturated carbocycles. The summed E-state index contributed by atoms with van der Waals surface area (Å²) in [5.74, 6) is 0.733. The van der Waals surface area contributed by atoms with E-state index >= 15 is 0 Å². The van der Waals surface area contributed by atoms with Gasteiger partial charge in [-0.2, -0.15) is 5.10 Å². The molecule has 1 aromatic heterocycles. The van der Waals surface area contributed by atoms with Crippen LogP contribution in [0.4, 0.5) is 5.82 Å². The van der Waals surface area contributed by atoms with Crippen molar-refractivity contribution in [2.24, 2.45) is 5.10 Å². The molecule has 118 valence electrons. The Kier molecular flexibility index (Phi) is 3.10. The molecule has 4 aromatic carbocycles. The van der Waals surface area contributed by atoms with Crippen LogP contribution in [-0.2, 0) is 0 Å². The number of benzene rings is 4. The lowest BCUT2D eigenvalue weighted by Crippen LogP contribution is -1.94. The molecule has 0 saturated heterocycles. The van der Waals surface area contributed by atoms with E-state index in [1.165, 1.54) is 32.3 Å². The van der Waals surface area contributed by atoms with Crippen molar-refractivity contribution in [3.05, 3.63) is 84.6 Å². The van der Waals surface area contributed by atoms with E-state index in [9.17, 15) is 0 Å². The van der Waals surface area contributed by atoms with Gasteiger partial charge in [-0.15, -0.1) is 0 Å². The Bertz CT molecular complexity index is 1190. The number of hydrogen-bond acceptors (Lipinski definition) is 3. The highest BCUT2D eigenvalue weighted by atomic mass is 15.3. The maximum absolute atomic E-state index is 4.36. The molecule has 5 aromatic rings. The van der Waals surface area contributed by atoms with Gasteiger partial charge in [-0.1, -0.05) is 60.7 Å². The van der Waals surface area contributed by atoms with E-state index in [0.717, 1.165) is 11.4 Å². The number of aromatic nitrogens is 1. The van der Waals surface area contributed by atoms with Crippen molar-refractivity contribution < 1.29 is 0 Å². The molecular weight excluding hydrogens is 306 g/mol. The summed E-state index contributed by atoms with van der Waals surface area (Å²) in [6.45, 7) is 0. The molecule has 3 heteroatoms.